The molecule has 1 aromatic carbocycles. The Morgan fingerprint density at radius 3 is 1.23 bits per heavy atom. The summed E-state index contributed by atoms with van der Waals surface area (Å²) in [6.45, 7) is 9.47. The Morgan fingerprint density at radius 2 is 0.850 bits per heavy atom. The molecule has 0 heterocycles. The number of benzene rings is 1. The second kappa shape index (κ2) is 24.8. The van der Waals surface area contributed by atoms with Crippen LogP contribution in [-0.2, 0) is 9.47 Å². The number of hydrogen-bond acceptors (Lipinski definition) is 6. The van der Waals surface area contributed by atoms with Crippen molar-refractivity contribution in [3.05, 3.63) is 35.4 Å². The molecular formula is C34H60N2O4. The van der Waals surface area contributed by atoms with Crippen LogP contribution < -0.4 is 0 Å². The normalized spacial score (nSPS) is 11.3. The summed E-state index contributed by atoms with van der Waals surface area (Å²) in [6.07, 6.45) is 19.3. The third kappa shape index (κ3) is 18.4. The highest BCUT2D eigenvalue weighted by molar-refractivity contribution is 6.03. The van der Waals surface area contributed by atoms with E-state index in [2.05, 4.69) is 37.7 Å². The molecule has 6 nitrogen and oxygen atoms in total. The first-order chi connectivity index (χ1) is 19.5. The first-order valence-corrected chi connectivity index (χ1v) is 16.3. The zero-order valence-electron chi connectivity index (χ0n) is 26.4. The zero-order valence-corrected chi connectivity index (χ0v) is 26.4. The molecule has 0 saturated carbocycles. The van der Waals surface area contributed by atoms with Gasteiger partial charge in [0.1, 0.15) is 0 Å². The molecule has 0 bridgehead atoms. The Hall–Kier alpha value is -1.92. The number of carbonyl (C=O) groups is 2. The van der Waals surface area contributed by atoms with Crippen LogP contribution in [0, 0.1) is 0 Å². The number of unbranched alkanes of at least 4 members (excludes halogenated alkanes) is 12. The molecule has 0 N–H and O–H groups in total. The molecule has 0 fully saturated rings. The quantitative estimate of drug-likeness (QED) is 0.0842. The monoisotopic (exact) mass is 560 g/mol. The molecule has 0 atom stereocenters. The second-order valence-corrected chi connectivity index (χ2v) is 11.4. The average Bonchev–Trinajstić information content (AvgIpc) is 2.96. The van der Waals surface area contributed by atoms with E-state index in [1.165, 1.54) is 77.0 Å². The summed E-state index contributed by atoms with van der Waals surface area (Å²) in [4.78, 5) is 30.1. The van der Waals surface area contributed by atoms with Gasteiger partial charge in [-0.05, 0) is 90.9 Å². The fourth-order valence-electron chi connectivity index (χ4n) is 4.84. The molecule has 1 rings (SSSR count). The van der Waals surface area contributed by atoms with E-state index >= 15 is 0 Å². The highest BCUT2D eigenvalue weighted by Gasteiger charge is 2.19. The van der Waals surface area contributed by atoms with Gasteiger partial charge in [-0.1, -0.05) is 90.2 Å². The molecule has 0 aliphatic carbocycles. The van der Waals surface area contributed by atoms with Crippen molar-refractivity contribution in [3.63, 3.8) is 0 Å². The first kappa shape index (κ1) is 36.1. The smallest absolute Gasteiger partial charge is 0.339 e. The summed E-state index contributed by atoms with van der Waals surface area (Å²) in [6, 6.07) is 6.79. The van der Waals surface area contributed by atoms with Crippen molar-refractivity contribution < 1.29 is 19.1 Å². The minimum Gasteiger partial charge on any atom is -0.462 e. The third-order valence-electron chi connectivity index (χ3n) is 7.49. The molecule has 0 saturated heterocycles. The van der Waals surface area contributed by atoms with Crippen molar-refractivity contribution >= 4 is 11.9 Å². The van der Waals surface area contributed by atoms with E-state index < -0.39 is 11.9 Å². The van der Waals surface area contributed by atoms with Crippen molar-refractivity contribution in [2.45, 2.75) is 117 Å². The van der Waals surface area contributed by atoms with Crippen LogP contribution in [0.2, 0.25) is 0 Å². The predicted molar refractivity (Wildman–Crippen MR) is 167 cm³/mol. The lowest BCUT2D eigenvalue weighted by Crippen LogP contribution is -2.21. The van der Waals surface area contributed by atoms with Gasteiger partial charge in [0.05, 0.1) is 24.3 Å². The Labute approximate surface area is 246 Å². The number of rotatable bonds is 26. The molecular weight excluding hydrogens is 500 g/mol. The molecule has 0 radical (unpaired) electrons. The largest absolute Gasteiger partial charge is 0.462 e. The van der Waals surface area contributed by atoms with Gasteiger partial charge in [0, 0.05) is 0 Å². The van der Waals surface area contributed by atoms with Crippen molar-refractivity contribution in [2.75, 3.05) is 53.5 Å². The van der Waals surface area contributed by atoms with E-state index in [0.717, 1.165) is 51.9 Å². The topological polar surface area (TPSA) is 59.1 Å². The zero-order chi connectivity index (χ0) is 29.3. The fourth-order valence-corrected chi connectivity index (χ4v) is 4.84. The Bertz CT molecular complexity index is 707. The van der Waals surface area contributed by atoms with Gasteiger partial charge < -0.3 is 19.3 Å². The van der Waals surface area contributed by atoms with Crippen molar-refractivity contribution in [2.24, 2.45) is 0 Å². The number of carbonyl (C=O) groups excluding carboxylic acids is 2. The van der Waals surface area contributed by atoms with Crippen LogP contribution in [0.4, 0.5) is 0 Å². The summed E-state index contributed by atoms with van der Waals surface area (Å²) < 4.78 is 11.0. The van der Waals surface area contributed by atoms with Crippen LogP contribution in [0.1, 0.15) is 137 Å². The second-order valence-electron chi connectivity index (χ2n) is 11.4. The van der Waals surface area contributed by atoms with Crippen LogP contribution in [0.5, 0.6) is 0 Å². The van der Waals surface area contributed by atoms with E-state index in [-0.39, 0.29) is 11.1 Å². The third-order valence-corrected chi connectivity index (χ3v) is 7.49. The molecule has 0 spiro atoms. The van der Waals surface area contributed by atoms with Crippen molar-refractivity contribution in [3.8, 4) is 0 Å². The molecule has 6 heteroatoms. The van der Waals surface area contributed by atoms with Gasteiger partial charge in [-0.25, -0.2) is 9.59 Å². The van der Waals surface area contributed by atoms with E-state index in [0.29, 0.717) is 13.2 Å². The number of ether oxygens (including phenoxy) is 2. The highest BCUT2D eigenvalue weighted by atomic mass is 16.5. The average molecular weight is 561 g/mol. The molecule has 40 heavy (non-hydrogen) atoms. The van der Waals surface area contributed by atoms with Gasteiger partial charge in [0.2, 0.25) is 0 Å². The van der Waals surface area contributed by atoms with Gasteiger partial charge in [-0.15, -0.1) is 0 Å². The van der Waals surface area contributed by atoms with E-state index in [1.807, 2.05) is 0 Å². The van der Waals surface area contributed by atoms with Gasteiger partial charge in [-0.2, -0.15) is 0 Å². The summed E-state index contributed by atoms with van der Waals surface area (Å²) in [5.74, 6) is -0.909. The van der Waals surface area contributed by atoms with E-state index in [9.17, 15) is 9.59 Å². The van der Waals surface area contributed by atoms with Gasteiger partial charge in [-0.3, -0.25) is 0 Å². The van der Waals surface area contributed by atoms with Gasteiger partial charge >= 0.3 is 11.9 Å². The van der Waals surface area contributed by atoms with E-state index in [1.54, 1.807) is 24.3 Å². The van der Waals surface area contributed by atoms with Crippen LogP contribution in [0.3, 0.4) is 0 Å². The molecule has 1 aromatic rings. The maximum atomic E-state index is 12.7. The molecule has 0 aliphatic heterocycles. The molecule has 0 aromatic heterocycles. The molecule has 0 unspecified atom stereocenters. The van der Waals surface area contributed by atoms with Crippen molar-refractivity contribution in [1.29, 1.82) is 0 Å². The molecule has 230 valence electrons. The Morgan fingerprint density at radius 1 is 0.525 bits per heavy atom. The Balaban J connectivity index is 2.21. The lowest BCUT2D eigenvalue weighted by Gasteiger charge is -2.16. The van der Waals surface area contributed by atoms with Crippen LogP contribution in [0.25, 0.3) is 0 Å². The maximum Gasteiger partial charge on any atom is 0.339 e. The number of esters is 2. The van der Waals surface area contributed by atoms with Crippen molar-refractivity contribution in [1.82, 2.24) is 9.80 Å². The minimum absolute atomic E-state index is 0.284. The molecule has 0 amide bonds. The minimum atomic E-state index is -0.454. The number of hydrogen-bond donors (Lipinski definition) is 0. The summed E-state index contributed by atoms with van der Waals surface area (Å²) in [5, 5.41) is 0. The lowest BCUT2D eigenvalue weighted by molar-refractivity contribution is 0.0448. The van der Waals surface area contributed by atoms with Crippen LogP contribution >= 0.6 is 0 Å². The van der Waals surface area contributed by atoms with Crippen LogP contribution in [0.15, 0.2) is 24.3 Å². The maximum absolute atomic E-state index is 12.7. The fraction of sp³-hybridized carbons (Fsp3) is 0.765. The van der Waals surface area contributed by atoms with Crippen LogP contribution in [-0.4, -0.2) is 75.2 Å². The number of nitrogens with zero attached hydrogens (tertiary/aromatic N) is 2. The summed E-state index contributed by atoms with van der Waals surface area (Å²) in [5.41, 5.74) is 0.567. The summed E-state index contributed by atoms with van der Waals surface area (Å²) in [7, 11) is 4.32. The van der Waals surface area contributed by atoms with E-state index in [4.69, 9.17) is 9.47 Å². The highest BCUT2D eigenvalue weighted by Crippen LogP contribution is 2.13. The standard InChI is InChI=1S/C34H60N2O4/c1-5-7-9-11-13-17-25-35(3)27-19-21-29-39-33(37)31-23-15-16-24-32(31)34(38)40-30-22-20-28-36(4)26-18-14-12-10-8-6-2/h15-16,23-24H,5-14,17-22,25-30H2,1-4H3. The summed E-state index contributed by atoms with van der Waals surface area (Å²) >= 11 is 0. The Kier molecular flexibility index (Phi) is 22.4. The lowest BCUT2D eigenvalue weighted by atomic mass is 10.1. The van der Waals surface area contributed by atoms with Gasteiger partial charge in [0.15, 0.2) is 0 Å². The first-order valence-electron chi connectivity index (χ1n) is 16.3. The van der Waals surface area contributed by atoms with Gasteiger partial charge in [0.25, 0.3) is 0 Å². The molecule has 0 aliphatic rings. The SMILES string of the molecule is CCCCCCCCN(C)CCCCOC(=O)c1ccccc1C(=O)OCCCCN(C)CCCCCCCC. The predicted octanol–water partition coefficient (Wildman–Crippen LogP) is 8.15.